The van der Waals surface area contributed by atoms with Gasteiger partial charge in [-0.2, -0.15) is 0 Å². The molecule has 0 aliphatic carbocycles. The van der Waals surface area contributed by atoms with Crippen molar-refractivity contribution in [3.8, 4) is 11.1 Å². The van der Waals surface area contributed by atoms with Gasteiger partial charge in [0.15, 0.2) is 5.16 Å². The van der Waals surface area contributed by atoms with Crippen LogP contribution in [0.5, 0.6) is 0 Å². The zero-order valence-electron chi connectivity index (χ0n) is 16.2. The summed E-state index contributed by atoms with van der Waals surface area (Å²) in [6.07, 6.45) is 0. The van der Waals surface area contributed by atoms with Crippen molar-refractivity contribution in [2.45, 2.75) is 24.3 Å². The zero-order valence-corrected chi connectivity index (χ0v) is 18.6. The number of nitrogens with one attached hydrogen (secondary N) is 2. The standard InChI is InChI=1S/C22H18ClN3O2S2/c1-12-7-9-14(10-8-12)15-11-29-21-18(15)20(28)25-22(26-21)30-13(2)19(27)24-17-6-4-3-5-16(17)23/h3-11,13H,1-2H3,(H,24,27)(H,25,26,28). The number of anilines is 1. The third-order valence-corrected chi connectivity index (χ3v) is 6.76. The summed E-state index contributed by atoms with van der Waals surface area (Å²) in [6.45, 7) is 3.78. The molecule has 8 heteroatoms. The lowest BCUT2D eigenvalue weighted by Gasteiger charge is -2.12. The summed E-state index contributed by atoms with van der Waals surface area (Å²) in [7, 11) is 0. The number of hydrogen-bond acceptors (Lipinski definition) is 5. The number of rotatable bonds is 5. The van der Waals surface area contributed by atoms with E-state index < -0.39 is 5.25 Å². The number of benzene rings is 2. The van der Waals surface area contributed by atoms with Gasteiger partial charge in [-0.3, -0.25) is 9.59 Å². The van der Waals surface area contributed by atoms with Crippen LogP contribution < -0.4 is 10.9 Å². The number of nitrogens with zero attached hydrogens (tertiary/aromatic N) is 1. The molecule has 0 aliphatic heterocycles. The van der Waals surface area contributed by atoms with Gasteiger partial charge < -0.3 is 10.3 Å². The fraction of sp³-hybridized carbons (Fsp3) is 0.136. The predicted octanol–water partition coefficient (Wildman–Crippen LogP) is 5.73. The summed E-state index contributed by atoms with van der Waals surface area (Å²) in [5, 5.41) is 5.72. The van der Waals surface area contributed by atoms with E-state index in [2.05, 4.69) is 15.3 Å². The molecule has 152 valence electrons. The van der Waals surface area contributed by atoms with Gasteiger partial charge in [0, 0.05) is 10.9 Å². The highest BCUT2D eigenvalue weighted by atomic mass is 35.5. The van der Waals surface area contributed by atoms with Crippen LogP contribution >= 0.6 is 34.7 Å². The normalized spacial score (nSPS) is 12.1. The number of para-hydroxylation sites is 1. The zero-order chi connectivity index (χ0) is 21.3. The summed E-state index contributed by atoms with van der Waals surface area (Å²) in [6, 6.07) is 15.1. The molecule has 0 fully saturated rings. The van der Waals surface area contributed by atoms with Gasteiger partial charge in [0.25, 0.3) is 5.56 Å². The van der Waals surface area contributed by atoms with Crippen LogP contribution in [0.15, 0.2) is 63.9 Å². The first-order chi connectivity index (χ1) is 14.4. The molecule has 0 aliphatic rings. The Labute approximate surface area is 186 Å². The average Bonchev–Trinajstić information content (AvgIpc) is 3.14. The third-order valence-electron chi connectivity index (χ3n) is 4.57. The number of hydrogen-bond donors (Lipinski definition) is 2. The minimum absolute atomic E-state index is 0.210. The van der Waals surface area contributed by atoms with Crippen LogP contribution in [-0.4, -0.2) is 21.1 Å². The Morgan fingerprint density at radius 1 is 1.20 bits per heavy atom. The van der Waals surface area contributed by atoms with Gasteiger partial charge in [0.05, 0.1) is 21.3 Å². The molecule has 30 heavy (non-hydrogen) atoms. The van der Waals surface area contributed by atoms with Gasteiger partial charge in [0.2, 0.25) is 5.91 Å². The second-order valence-electron chi connectivity index (χ2n) is 6.80. The number of fused-ring (bicyclic) bond motifs is 1. The SMILES string of the molecule is Cc1ccc(-c2csc3nc(SC(C)C(=O)Nc4ccccc4Cl)[nH]c(=O)c23)cc1. The summed E-state index contributed by atoms with van der Waals surface area (Å²) in [5.74, 6) is -0.220. The predicted molar refractivity (Wildman–Crippen MR) is 126 cm³/mol. The van der Waals surface area contributed by atoms with Gasteiger partial charge in [-0.15, -0.1) is 11.3 Å². The lowest BCUT2D eigenvalue weighted by Crippen LogP contribution is -2.23. The van der Waals surface area contributed by atoms with Gasteiger partial charge in [0.1, 0.15) is 4.83 Å². The molecule has 4 aromatic rings. The third kappa shape index (κ3) is 4.28. The summed E-state index contributed by atoms with van der Waals surface area (Å²) < 4.78 is 0. The molecule has 1 amide bonds. The van der Waals surface area contributed by atoms with Crippen molar-refractivity contribution in [2.24, 2.45) is 0 Å². The Morgan fingerprint density at radius 3 is 2.67 bits per heavy atom. The fourth-order valence-corrected chi connectivity index (χ4v) is 4.93. The molecular formula is C22H18ClN3O2S2. The molecule has 0 bridgehead atoms. The van der Waals surface area contributed by atoms with Crippen molar-refractivity contribution < 1.29 is 4.79 Å². The summed E-state index contributed by atoms with van der Waals surface area (Å²) in [5.41, 5.74) is 3.34. The monoisotopic (exact) mass is 455 g/mol. The molecule has 0 saturated carbocycles. The molecule has 2 aromatic carbocycles. The minimum atomic E-state index is -0.474. The van der Waals surface area contributed by atoms with E-state index in [1.807, 2.05) is 36.6 Å². The van der Waals surface area contributed by atoms with Crippen LogP contribution in [0.1, 0.15) is 12.5 Å². The quantitative estimate of drug-likeness (QED) is 0.297. The maximum Gasteiger partial charge on any atom is 0.260 e. The number of carbonyl (C=O) groups is 1. The lowest BCUT2D eigenvalue weighted by molar-refractivity contribution is -0.115. The van der Waals surface area contributed by atoms with Crippen LogP contribution in [-0.2, 0) is 4.79 Å². The number of aromatic nitrogens is 2. The number of thioether (sulfide) groups is 1. The number of halogens is 1. The van der Waals surface area contributed by atoms with Crippen LogP contribution in [0.3, 0.4) is 0 Å². The molecule has 0 radical (unpaired) electrons. The second-order valence-corrected chi connectivity index (χ2v) is 9.39. The van der Waals surface area contributed by atoms with Crippen molar-refractivity contribution in [3.05, 3.63) is 74.9 Å². The lowest BCUT2D eigenvalue weighted by atomic mass is 10.1. The maximum atomic E-state index is 12.8. The number of aromatic amines is 1. The van der Waals surface area contributed by atoms with E-state index in [4.69, 9.17) is 11.6 Å². The number of aryl methyl sites for hydroxylation is 1. The first-order valence-electron chi connectivity index (χ1n) is 9.23. The Bertz CT molecular complexity index is 1280. The van der Waals surface area contributed by atoms with Gasteiger partial charge >= 0.3 is 0 Å². The van der Waals surface area contributed by atoms with Gasteiger partial charge in [-0.1, -0.05) is 65.3 Å². The van der Waals surface area contributed by atoms with E-state index >= 15 is 0 Å². The van der Waals surface area contributed by atoms with Crippen LogP contribution in [0, 0.1) is 6.92 Å². The highest BCUT2D eigenvalue weighted by molar-refractivity contribution is 8.00. The molecule has 0 spiro atoms. The smallest absolute Gasteiger partial charge is 0.260 e. The topological polar surface area (TPSA) is 74.8 Å². The molecule has 1 atom stereocenters. The van der Waals surface area contributed by atoms with Crippen molar-refractivity contribution >= 4 is 56.5 Å². The summed E-state index contributed by atoms with van der Waals surface area (Å²) in [4.78, 5) is 33.3. The highest BCUT2D eigenvalue weighted by Gasteiger charge is 2.19. The Hall–Kier alpha value is -2.61. The number of H-pyrrole nitrogens is 1. The van der Waals surface area contributed by atoms with Crippen LogP contribution in [0.25, 0.3) is 21.3 Å². The summed E-state index contributed by atoms with van der Waals surface area (Å²) >= 11 is 8.72. The Kier molecular flexibility index (Phi) is 5.94. The molecule has 0 saturated heterocycles. The molecule has 2 N–H and O–H groups in total. The molecule has 2 heterocycles. The fourth-order valence-electron chi connectivity index (χ4n) is 2.95. The first kappa shape index (κ1) is 20.7. The number of amides is 1. The van der Waals surface area contributed by atoms with E-state index in [1.54, 1.807) is 31.2 Å². The maximum absolute atomic E-state index is 12.8. The van der Waals surface area contributed by atoms with E-state index in [0.717, 1.165) is 16.7 Å². The van der Waals surface area contributed by atoms with E-state index in [0.29, 0.717) is 26.1 Å². The molecule has 1 unspecified atom stereocenters. The molecule has 4 rings (SSSR count). The van der Waals surface area contributed by atoms with Crippen LogP contribution in [0.4, 0.5) is 5.69 Å². The van der Waals surface area contributed by atoms with Crippen molar-refractivity contribution in [2.75, 3.05) is 5.32 Å². The van der Waals surface area contributed by atoms with Gasteiger partial charge in [-0.05, 0) is 31.5 Å². The van der Waals surface area contributed by atoms with Gasteiger partial charge in [-0.25, -0.2) is 4.98 Å². The number of thiophene rings is 1. The Morgan fingerprint density at radius 2 is 1.93 bits per heavy atom. The van der Waals surface area contributed by atoms with E-state index in [1.165, 1.54) is 23.1 Å². The van der Waals surface area contributed by atoms with E-state index in [-0.39, 0.29) is 11.5 Å². The largest absolute Gasteiger partial charge is 0.324 e. The average molecular weight is 456 g/mol. The molecule has 2 aromatic heterocycles. The molecular weight excluding hydrogens is 438 g/mol. The van der Waals surface area contributed by atoms with Crippen molar-refractivity contribution in [1.29, 1.82) is 0 Å². The minimum Gasteiger partial charge on any atom is -0.324 e. The van der Waals surface area contributed by atoms with Crippen molar-refractivity contribution in [3.63, 3.8) is 0 Å². The highest BCUT2D eigenvalue weighted by Crippen LogP contribution is 2.32. The second kappa shape index (κ2) is 8.63. The van der Waals surface area contributed by atoms with E-state index in [9.17, 15) is 9.59 Å². The Balaban J connectivity index is 1.57. The number of carbonyl (C=O) groups excluding carboxylic acids is 1. The van der Waals surface area contributed by atoms with Crippen LogP contribution in [0.2, 0.25) is 5.02 Å². The van der Waals surface area contributed by atoms with Crippen molar-refractivity contribution in [1.82, 2.24) is 9.97 Å². The molecule has 5 nitrogen and oxygen atoms in total. The first-order valence-corrected chi connectivity index (χ1v) is 11.4.